The zero-order valence-electron chi connectivity index (χ0n) is 18.7. The van der Waals surface area contributed by atoms with Crippen molar-refractivity contribution in [1.82, 2.24) is 9.47 Å². The monoisotopic (exact) mass is 429 g/mol. The molecule has 1 saturated heterocycles. The lowest BCUT2D eigenvalue weighted by atomic mass is 10.1. The Morgan fingerprint density at radius 3 is 2.62 bits per heavy atom. The van der Waals surface area contributed by atoms with Crippen molar-refractivity contribution < 1.29 is 9.21 Å². The number of anilines is 1. The minimum atomic E-state index is -0.405. The number of carbonyl (C=O) groups excluding carboxylic acids is 1. The average Bonchev–Trinajstić information content (AvgIpc) is 3.19. The Balaban J connectivity index is 1.50. The van der Waals surface area contributed by atoms with Crippen molar-refractivity contribution in [3.05, 3.63) is 76.3 Å². The van der Waals surface area contributed by atoms with Gasteiger partial charge in [-0.3, -0.25) is 4.79 Å². The molecular formula is C26H27N3O3. The van der Waals surface area contributed by atoms with Crippen LogP contribution in [-0.2, 0) is 6.54 Å². The number of piperazine rings is 1. The summed E-state index contributed by atoms with van der Waals surface area (Å²) in [6.07, 6.45) is 0. The Hall–Kier alpha value is -3.54. The van der Waals surface area contributed by atoms with Crippen molar-refractivity contribution in [2.45, 2.75) is 33.4 Å². The van der Waals surface area contributed by atoms with Crippen molar-refractivity contribution >= 4 is 33.5 Å². The lowest BCUT2D eigenvalue weighted by molar-refractivity contribution is 0.0716. The number of aryl methyl sites for hydroxylation is 2. The number of fused-ring (bicyclic) bond motifs is 3. The van der Waals surface area contributed by atoms with Gasteiger partial charge in [-0.15, -0.1) is 0 Å². The van der Waals surface area contributed by atoms with Gasteiger partial charge in [0.05, 0.1) is 10.9 Å². The third kappa shape index (κ3) is 3.27. The molecule has 1 atom stereocenters. The van der Waals surface area contributed by atoms with Gasteiger partial charge in [0.2, 0.25) is 0 Å². The molecule has 2 aromatic heterocycles. The maximum absolute atomic E-state index is 13.6. The van der Waals surface area contributed by atoms with Gasteiger partial charge in [0.1, 0.15) is 11.3 Å². The Morgan fingerprint density at radius 1 is 1.06 bits per heavy atom. The molecule has 0 bridgehead atoms. The van der Waals surface area contributed by atoms with E-state index in [1.807, 2.05) is 34.6 Å². The van der Waals surface area contributed by atoms with Crippen molar-refractivity contribution in [2.75, 3.05) is 24.5 Å². The van der Waals surface area contributed by atoms with E-state index in [0.29, 0.717) is 36.3 Å². The van der Waals surface area contributed by atoms with Gasteiger partial charge in [0.25, 0.3) is 5.91 Å². The maximum atomic E-state index is 13.6. The highest BCUT2D eigenvalue weighted by Crippen LogP contribution is 2.28. The number of rotatable bonds is 3. The van der Waals surface area contributed by atoms with E-state index in [4.69, 9.17) is 4.42 Å². The first-order valence-electron chi connectivity index (χ1n) is 11.2. The summed E-state index contributed by atoms with van der Waals surface area (Å²) in [7, 11) is 0. The van der Waals surface area contributed by atoms with Gasteiger partial charge in [-0.1, -0.05) is 24.3 Å². The van der Waals surface area contributed by atoms with Gasteiger partial charge in [0, 0.05) is 43.3 Å². The number of para-hydroxylation sites is 1. The third-order valence-electron chi connectivity index (χ3n) is 6.44. The molecule has 1 aliphatic heterocycles. The largest absolute Gasteiger partial charge is 0.422 e. The van der Waals surface area contributed by atoms with Crippen LogP contribution < -0.4 is 10.5 Å². The number of nitrogens with zero attached hydrogens (tertiary/aromatic N) is 3. The zero-order chi connectivity index (χ0) is 22.4. The number of carbonyl (C=O) groups is 1. The van der Waals surface area contributed by atoms with E-state index in [1.165, 1.54) is 11.3 Å². The number of hydrogen-bond donors (Lipinski definition) is 0. The van der Waals surface area contributed by atoms with Crippen LogP contribution in [0.15, 0.2) is 63.8 Å². The van der Waals surface area contributed by atoms with Gasteiger partial charge in [-0.25, -0.2) is 4.79 Å². The van der Waals surface area contributed by atoms with Gasteiger partial charge < -0.3 is 18.8 Å². The molecule has 0 saturated carbocycles. The van der Waals surface area contributed by atoms with Crippen LogP contribution in [-0.4, -0.2) is 41.1 Å². The first-order chi connectivity index (χ1) is 15.5. The highest BCUT2D eigenvalue weighted by Gasteiger charge is 2.30. The second kappa shape index (κ2) is 7.86. The normalized spacial score (nSPS) is 16.8. The molecule has 32 heavy (non-hydrogen) atoms. The fourth-order valence-electron chi connectivity index (χ4n) is 4.90. The predicted octanol–water partition coefficient (Wildman–Crippen LogP) is 4.43. The third-order valence-corrected chi connectivity index (χ3v) is 6.44. The molecule has 1 amide bonds. The predicted molar refractivity (Wildman–Crippen MR) is 128 cm³/mol. The summed E-state index contributed by atoms with van der Waals surface area (Å²) in [5.41, 5.74) is 3.87. The first-order valence-corrected chi connectivity index (χ1v) is 11.2. The van der Waals surface area contributed by atoms with Crippen LogP contribution >= 0.6 is 0 Å². The van der Waals surface area contributed by atoms with Crippen molar-refractivity contribution in [1.29, 1.82) is 0 Å². The molecule has 3 heterocycles. The molecule has 0 aliphatic carbocycles. The lowest BCUT2D eigenvalue weighted by Gasteiger charge is -2.41. The number of aromatic nitrogens is 1. The van der Waals surface area contributed by atoms with Crippen molar-refractivity contribution in [3.8, 4) is 0 Å². The highest BCUT2D eigenvalue weighted by atomic mass is 16.4. The van der Waals surface area contributed by atoms with E-state index < -0.39 is 5.63 Å². The molecule has 1 aliphatic rings. The van der Waals surface area contributed by atoms with Crippen LogP contribution in [0, 0.1) is 6.92 Å². The zero-order valence-corrected chi connectivity index (χ0v) is 18.7. The first kappa shape index (κ1) is 20.4. The van der Waals surface area contributed by atoms with Gasteiger partial charge >= 0.3 is 5.63 Å². The highest BCUT2D eigenvalue weighted by molar-refractivity contribution is 6.07. The summed E-state index contributed by atoms with van der Waals surface area (Å²) in [6, 6.07) is 17.9. The molecule has 0 spiro atoms. The van der Waals surface area contributed by atoms with Crippen molar-refractivity contribution in [2.24, 2.45) is 0 Å². The Kier molecular flexibility index (Phi) is 5.00. The van der Waals surface area contributed by atoms with E-state index in [2.05, 4.69) is 43.0 Å². The molecule has 6 nitrogen and oxygen atoms in total. The molecule has 0 unspecified atom stereocenters. The quantitative estimate of drug-likeness (QED) is 0.452. The molecule has 0 radical (unpaired) electrons. The Bertz CT molecular complexity index is 1380. The molecule has 1 fully saturated rings. The molecule has 164 valence electrons. The number of benzene rings is 2. The summed E-state index contributed by atoms with van der Waals surface area (Å²) in [5.74, 6) is -0.0396. The van der Waals surface area contributed by atoms with Crippen LogP contribution in [0.1, 0.15) is 29.9 Å². The molecule has 4 aromatic rings. The standard InChI is InChI=1S/C26H27N3O3/c1-4-28-22(15-21-24(28)20-10-5-6-11-23(20)32-26(21)31)25(30)27-12-13-29(18(3)16-27)19-9-7-8-17(2)14-19/h5-11,14-15,18H,4,12-13,16H2,1-3H3/t18-/m0/s1. The fourth-order valence-corrected chi connectivity index (χ4v) is 4.90. The average molecular weight is 430 g/mol. The van der Waals surface area contributed by atoms with Gasteiger partial charge in [-0.05, 0) is 56.7 Å². The van der Waals surface area contributed by atoms with Gasteiger partial charge in [-0.2, -0.15) is 0 Å². The van der Waals surface area contributed by atoms with Crippen LogP contribution in [0.2, 0.25) is 0 Å². The van der Waals surface area contributed by atoms with E-state index in [1.54, 1.807) is 12.1 Å². The summed E-state index contributed by atoms with van der Waals surface area (Å²) in [5, 5.41) is 1.31. The van der Waals surface area contributed by atoms with E-state index in [-0.39, 0.29) is 11.9 Å². The number of hydrogen-bond acceptors (Lipinski definition) is 4. The van der Waals surface area contributed by atoms with E-state index in [9.17, 15) is 9.59 Å². The van der Waals surface area contributed by atoms with Crippen LogP contribution in [0.3, 0.4) is 0 Å². The van der Waals surface area contributed by atoms with E-state index >= 15 is 0 Å². The maximum Gasteiger partial charge on any atom is 0.345 e. The molecular weight excluding hydrogens is 402 g/mol. The molecule has 2 aromatic carbocycles. The second-order valence-corrected chi connectivity index (χ2v) is 8.55. The fraction of sp³-hybridized carbons (Fsp3) is 0.308. The second-order valence-electron chi connectivity index (χ2n) is 8.55. The smallest absolute Gasteiger partial charge is 0.345 e. The minimum Gasteiger partial charge on any atom is -0.422 e. The van der Waals surface area contributed by atoms with Crippen LogP contribution in [0.4, 0.5) is 5.69 Å². The molecule has 5 rings (SSSR count). The summed E-state index contributed by atoms with van der Waals surface area (Å²) < 4.78 is 7.46. The van der Waals surface area contributed by atoms with E-state index in [0.717, 1.165) is 17.4 Å². The van der Waals surface area contributed by atoms with Gasteiger partial charge in [0.15, 0.2) is 0 Å². The molecule has 6 heteroatoms. The number of amides is 1. The Labute approximate surface area is 186 Å². The lowest BCUT2D eigenvalue weighted by Crippen LogP contribution is -2.54. The van der Waals surface area contributed by atoms with Crippen LogP contribution in [0.5, 0.6) is 0 Å². The summed E-state index contributed by atoms with van der Waals surface area (Å²) in [4.78, 5) is 30.5. The van der Waals surface area contributed by atoms with Crippen LogP contribution in [0.25, 0.3) is 21.9 Å². The summed E-state index contributed by atoms with van der Waals surface area (Å²) in [6.45, 7) is 8.88. The summed E-state index contributed by atoms with van der Waals surface area (Å²) >= 11 is 0. The molecule has 0 N–H and O–H groups in total. The minimum absolute atomic E-state index is 0.0396. The SMILES string of the molecule is CCn1c(C(=O)N2CCN(c3cccc(C)c3)[C@@H](C)C2)cc2c(=O)oc3ccccc3c21. The topological polar surface area (TPSA) is 58.7 Å². The Morgan fingerprint density at radius 2 is 1.88 bits per heavy atom. The van der Waals surface area contributed by atoms with Crippen molar-refractivity contribution in [3.63, 3.8) is 0 Å².